The van der Waals surface area contributed by atoms with Gasteiger partial charge in [-0.05, 0) is 24.3 Å². The Balaban J connectivity index is 3.58. The summed E-state index contributed by atoms with van der Waals surface area (Å²) >= 11 is 6.27. The molecule has 1 atom stereocenters. The van der Waals surface area contributed by atoms with Crippen LogP contribution in [0.2, 0.25) is 0 Å². The first-order chi connectivity index (χ1) is 6.89. The molecule has 1 N–H and O–H groups in total. The quantitative estimate of drug-likeness (QED) is 0.654. The summed E-state index contributed by atoms with van der Waals surface area (Å²) in [4.78, 5) is 0. The minimum Gasteiger partial charge on any atom is -0.315 e. The lowest BCUT2D eigenvalue weighted by Gasteiger charge is -2.22. The lowest BCUT2D eigenvalue weighted by molar-refractivity contribution is 0.358. The van der Waals surface area contributed by atoms with E-state index < -0.39 is 0 Å². The van der Waals surface area contributed by atoms with Gasteiger partial charge in [0.25, 0.3) is 0 Å². The van der Waals surface area contributed by atoms with Crippen molar-refractivity contribution >= 4 is 11.6 Å². The molecule has 2 heteroatoms. The van der Waals surface area contributed by atoms with Crippen molar-refractivity contribution in [2.75, 3.05) is 13.1 Å². The van der Waals surface area contributed by atoms with Gasteiger partial charge < -0.3 is 5.32 Å². The molecule has 0 radical (unpaired) electrons. The van der Waals surface area contributed by atoms with Crippen LogP contribution in [0.1, 0.15) is 53.9 Å². The van der Waals surface area contributed by atoms with Crippen LogP contribution < -0.4 is 5.32 Å². The second-order valence-electron chi connectivity index (χ2n) is 5.70. The Labute approximate surface area is 101 Å². The van der Waals surface area contributed by atoms with E-state index in [1.165, 1.54) is 12.8 Å². The Morgan fingerprint density at radius 3 is 2.00 bits per heavy atom. The molecule has 0 aliphatic heterocycles. The summed E-state index contributed by atoms with van der Waals surface area (Å²) in [6.45, 7) is 13.3. The van der Waals surface area contributed by atoms with Crippen molar-refractivity contribution in [1.29, 1.82) is 0 Å². The molecule has 0 bridgehead atoms. The van der Waals surface area contributed by atoms with E-state index in [2.05, 4.69) is 39.9 Å². The van der Waals surface area contributed by atoms with Gasteiger partial charge in [-0.15, -0.1) is 11.6 Å². The van der Waals surface area contributed by atoms with Crippen LogP contribution in [0.15, 0.2) is 0 Å². The number of nitrogens with one attached hydrogen (secondary N) is 1. The van der Waals surface area contributed by atoms with Crippen LogP contribution in [-0.4, -0.2) is 18.5 Å². The van der Waals surface area contributed by atoms with Crippen molar-refractivity contribution in [3.63, 3.8) is 0 Å². The highest BCUT2D eigenvalue weighted by atomic mass is 35.5. The molecule has 0 aromatic carbocycles. The van der Waals surface area contributed by atoms with Crippen molar-refractivity contribution < 1.29 is 0 Å². The second-order valence-corrected chi connectivity index (χ2v) is 6.32. The zero-order chi connectivity index (χ0) is 11.9. The number of hydrogen-bond acceptors (Lipinski definition) is 1. The van der Waals surface area contributed by atoms with Crippen LogP contribution in [0.5, 0.6) is 0 Å². The van der Waals surface area contributed by atoms with Crippen molar-refractivity contribution in [2.24, 2.45) is 11.3 Å². The van der Waals surface area contributed by atoms with E-state index in [0.717, 1.165) is 25.4 Å². The molecule has 0 rings (SSSR count). The van der Waals surface area contributed by atoms with Crippen LogP contribution in [0.25, 0.3) is 0 Å². The summed E-state index contributed by atoms with van der Waals surface area (Å²) in [6.07, 6.45) is 3.59. The molecule has 0 amide bonds. The molecule has 0 saturated carbocycles. The third-order valence-electron chi connectivity index (χ3n) is 2.79. The fourth-order valence-corrected chi connectivity index (χ4v) is 2.33. The summed E-state index contributed by atoms with van der Waals surface area (Å²) in [6, 6.07) is 0. The molecule has 0 aliphatic carbocycles. The lowest BCUT2D eigenvalue weighted by Crippen LogP contribution is -2.30. The topological polar surface area (TPSA) is 12.0 Å². The first-order valence-electron chi connectivity index (χ1n) is 6.23. The van der Waals surface area contributed by atoms with Gasteiger partial charge in [-0.3, -0.25) is 0 Å². The molecule has 0 aromatic heterocycles. The number of halogens is 1. The summed E-state index contributed by atoms with van der Waals surface area (Å²) < 4.78 is 0. The second kappa shape index (κ2) is 7.51. The minimum absolute atomic E-state index is 0.263. The predicted octanol–water partition coefficient (Wildman–Crippen LogP) is 4.06. The SMILES string of the molecule is CCC(CC)CNCC(Cl)CC(C)(C)C. The van der Waals surface area contributed by atoms with E-state index in [4.69, 9.17) is 11.6 Å². The van der Waals surface area contributed by atoms with Gasteiger partial charge in [-0.25, -0.2) is 0 Å². The van der Waals surface area contributed by atoms with Gasteiger partial charge in [-0.1, -0.05) is 47.5 Å². The smallest absolute Gasteiger partial charge is 0.0465 e. The van der Waals surface area contributed by atoms with Crippen LogP contribution in [-0.2, 0) is 0 Å². The monoisotopic (exact) mass is 233 g/mol. The molecule has 0 spiro atoms. The maximum Gasteiger partial charge on any atom is 0.0465 e. The maximum atomic E-state index is 6.27. The van der Waals surface area contributed by atoms with Crippen LogP contribution in [0, 0.1) is 11.3 Å². The Morgan fingerprint density at radius 2 is 1.60 bits per heavy atom. The highest BCUT2D eigenvalue weighted by Crippen LogP contribution is 2.23. The third-order valence-corrected chi connectivity index (χ3v) is 3.10. The Hall–Kier alpha value is 0.250. The average molecular weight is 234 g/mol. The zero-order valence-electron chi connectivity index (χ0n) is 11.1. The Morgan fingerprint density at radius 1 is 1.07 bits per heavy atom. The Bertz CT molecular complexity index is 147. The fourth-order valence-electron chi connectivity index (χ4n) is 1.76. The zero-order valence-corrected chi connectivity index (χ0v) is 11.8. The van der Waals surface area contributed by atoms with Crippen LogP contribution in [0.4, 0.5) is 0 Å². The predicted molar refractivity (Wildman–Crippen MR) is 70.7 cm³/mol. The van der Waals surface area contributed by atoms with E-state index in [-0.39, 0.29) is 5.38 Å². The normalized spacial score (nSPS) is 14.6. The average Bonchev–Trinajstić information content (AvgIpc) is 2.09. The van der Waals surface area contributed by atoms with Gasteiger partial charge in [0.15, 0.2) is 0 Å². The fraction of sp³-hybridized carbons (Fsp3) is 1.00. The molecule has 0 saturated heterocycles. The molecular weight excluding hydrogens is 206 g/mol. The highest BCUT2D eigenvalue weighted by molar-refractivity contribution is 6.20. The molecule has 0 aliphatic rings. The van der Waals surface area contributed by atoms with Crippen LogP contribution in [0.3, 0.4) is 0 Å². The maximum absolute atomic E-state index is 6.27. The summed E-state index contributed by atoms with van der Waals surface area (Å²) in [5, 5.41) is 3.74. The van der Waals surface area contributed by atoms with E-state index in [0.29, 0.717) is 5.41 Å². The Kier molecular flexibility index (Phi) is 7.64. The van der Waals surface area contributed by atoms with Gasteiger partial charge in [0.05, 0.1) is 0 Å². The van der Waals surface area contributed by atoms with Crippen molar-refractivity contribution in [3.05, 3.63) is 0 Å². The van der Waals surface area contributed by atoms with E-state index in [1.807, 2.05) is 0 Å². The van der Waals surface area contributed by atoms with Gasteiger partial charge in [-0.2, -0.15) is 0 Å². The van der Waals surface area contributed by atoms with E-state index >= 15 is 0 Å². The van der Waals surface area contributed by atoms with Crippen molar-refractivity contribution in [3.8, 4) is 0 Å². The van der Waals surface area contributed by atoms with Crippen LogP contribution >= 0.6 is 11.6 Å². The molecule has 1 nitrogen and oxygen atoms in total. The third kappa shape index (κ3) is 9.19. The number of rotatable bonds is 7. The minimum atomic E-state index is 0.263. The molecule has 0 aromatic rings. The standard InChI is InChI=1S/C13H28ClN/c1-6-11(7-2)9-15-10-12(14)8-13(3,4)5/h11-12,15H,6-10H2,1-5H3. The first kappa shape index (κ1) is 15.2. The van der Waals surface area contributed by atoms with Crippen molar-refractivity contribution in [2.45, 2.75) is 59.3 Å². The molecule has 0 fully saturated rings. The first-order valence-corrected chi connectivity index (χ1v) is 6.67. The highest BCUT2D eigenvalue weighted by Gasteiger charge is 2.16. The van der Waals surface area contributed by atoms with E-state index in [9.17, 15) is 0 Å². The summed E-state index contributed by atoms with van der Waals surface area (Å²) in [5.41, 5.74) is 0.336. The van der Waals surface area contributed by atoms with Gasteiger partial charge >= 0.3 is 0 Å². The van der Waals surface area contributed by atoms with Gasteiger partial charge in [0, 0.05) is 11.9 Å². The van der Waals surface area contributed by atoms with E-state index in [1.54, 1.807) is 0 Å². The van der Waals surface area contributed by atoms with Gasteiger partial charge in [0.1, 0.15) is 0 Å². The molecule has 0 heterocycles. The molecular formula is C13H28ClN. The lowest BCUT2D eigenvalue weighted by atomic mass is 9.90. The summed E-state index contributed by atoms with van der Waals surface area (Å²) in [5.74, 6) is 0.809. The summed E-state index contributed by atoms with van der Waals surface area (Å²) in [7, 11) is 0. The molecule has 1 unspecified atom stereocenters. The van der Waals surface area contributed by atoms with Gasteiger partial charge in [0.2, 0.25) is 0 Å². The van der Waals surface area contributed by atoms with Crippen molar-refractivity contribution in [1.82, 2.24) is 5.32 Å². The largest absolute Gasteiger partial charge is 0.315 e. The number of hydrogen-bond donors (Lipinski definition) is 1. The molecule has 92 valence electrons. The molecule has 15 heavy (non-hydrogen) atoms. The number of alkyl halides is 1.